The van der Waals surface area contributed by atoms with Crippen LogP contribution in [-0.2, 0) is 0 Å². The van der Waals surface area contributed by atoms with Gasteiger partial charge in [-0.15, -0.1) is 0 Å². The minimum atomic E-state index is -0.113. The number of anilines is 2. The Morgan fingerprint density at radius 1 is 1.12 bits per heavy atom. The summed E-state index contributed by atoms with van der Waals surface area (Å²) in [6.45, 7) is 4.05. The number of hydrogen-bond donors (Lipinski definition) is 1. The summed E-state index contributed by atoms with van der Waals surface area (Å²) in [5, 5.41) is 2.96. The average molecular weight is 388 g/mol. The van der Waals surface area contributed by atoms with Gasteiger partial charge in [0.2, 0.25) is 0 Å². The number of halogens is 1. The third kappa shape index (κ3) is 4.15. The number of pyridine rings is 1. The third-order valence-electron chi connectivity index (χ3n) is 4.31. The van der Waals surface area contributed by atoms with Crippen LogP contribution >= 0.6 is 15.9 Å². The Labute approximate surface area is 151 Å². The Morgan fingerprint density at radius 2 is 1.88 bits per heavy atom. The van der Waals surface area contributed by atoms with Crippen LogP contribution in [0.4, 0.5) is 11.5 Å². The third-order valence-corrected chi connectivity index (χ3v) is 4.97. The minimum absolute atomic E-state index is 0.113. The van der Waals surface area contributed by atoms with Crippen LogP contribution in [0.25, 0.3) is 0 Å². The van der Waals surface area contributed by atoms with Gasteiger partial charge >= 0.3 is 0 Å². The molecule has 1 N–H and O–H groups in total. The Hall–Kier alpha value is -1.88. The molecule has 1 aromatic carbocycles. The lowest BCUT2D eigenvalue weighted by Crippen LogP contribution is -2.25. The molecule has 126 valence electrons. The maximum atomic E-state index is 12.6. The molecule has 24 heavy (non-hydrogen) atoms. The van der Waals surface area contributed by atoms with Crippen molar-refractivity contribution in [2.75, 3.05) is 23.3 Å². The van der Waals surface area contributed by atoms with Crippen molar-refractivity contribution in [1.82, 2.24) is 4.98 Å². The molecular weight excluding hydrogens is 366 g/mol. The summed E-state index contributed by atoms with van der Waals surface area (Å²) in [7, 11) is 0. The van der Waals surface area contributed by atoms with Crippen LogP contribution < -0.4 is 10.2 Å². The minimum Gasteiger partial charge on any atom is -0.357 e. The fourth-order valence-corrected chi connectivity index (χ4v) is 3.54. The molecule has 1 saturated heterocycles. The number of nitrogens with zero attached hydrogens (tertiary/aromatic N) is 2. The molecular formula is C19H22BrN3O. The molecule has 1 aromatic heterocycles. The Balaban J connectivity index is 1.76. The number of carbonyl (C=O) groups is 1. The van der Waals surface area contributed by atoms with Gasteiger partial charge in [0.05, 0.1) is 5.69 Å². The van der Waals surface area contributed by atoms with Gasteiger partial charge in [0.25, 0.3) is 5.91 Å². The van der Waals surface area contributed by atoms with E-state index in [1.165, 1.54) is 25.7 Å². The molecule has 1 aliphatic rings. The summed E-state index contributed by atoms with van der Waals surface area (Å²) in [5.74, 6) is 0.783. The van der Waals surface area contributed by atoms with Crippen molar-refractivity contribution in [2.24, 2.45) is 0 Å². The quantitative estimate of drug-likeness (QED) is 0.823. The van der Waals surface area contributed by atoms with E-state index in [1.54, 1.807) is 12.3 Å². The number of rotatable bonds is 3. The molecule has 0 atom stereocenters. The highest BCUT2D eigenvalue weighted by Crippen LogP contribution is 2.24. The van der Waals surface area contributed by atoms with E-state index in [0.29, 0.717) is 5.56 Å². The van der Waals surface area contributed by atoms with Gasteiger partial charge in [-0.3, -0.25) is 4.79 Å². The van der Waals surface area contributed by atoms with Gasteiger partial charge in [-0.05, 0) is 65.5 Å². The summed E-state index contributed by atoms with van der Waals surface area (Å²) in [6.07, 6.45) is 6.65. The summed E-state index contributed by atoms with van der Waals surface area (Å²) >= 11 is 3.50. The molecule has 0 saturated carbocycles. The number of nitrogens with one attached hydrogen (secondary N) is 1. The predicted molar refractivity (Wildman–Crippen MR) is 102 cm³/mol. The Morgan fingerprint density at radius 3 is 2.58 bits per heavy atom. The van der Waals surface area contributed by atoms with E-state index in [4.69, 9.17) is 0 Å². The zero-order valence-electron chi connectivity index (χ0n) is 13.9. The van der Waals surface area contributed by atoms with Crippen LogP contribution in [0.5, 0.6) is 0 Å². The van der Waals surface area contributed by atoms with E-state index in [2.05, 4.69) is 31.1 Å². The van der Waals surface area contributed by atoms with Gasteiger partial charge in [-0.25, -0.2) is 4.98 Å². The summed E-state index contributed by atoms with van der Waals surface area (Å²) in [4.78, 5) is 19.3. The molecule has 2 heterocycles. The lowest BCUT2D eigenvalue weighted by molar-refractivity contribution is 0.102. The lowest BCUT2D eigenvalue weighted by Gasteiger charge is -2.21. The zero-order valence-corrected chi connectivity index (χ0v) is 15.5. The molecule has 1 fully saturated rings. The first-order valence-electron chi connectivity index (χ1n) is 8.42. The molecule has 5 heteroatoms. The van der Waals surface area contributed by atoms with Crippen molar-refractivity contribution in [3.8, 4) is 0 Å². The van der Waals surface area contributed by atoms with E-state index in [9.17, 15) is 4.79 Å². The number of hydrogen-bond acceptors (Lipinski definition) is 3. The van der Waals surface area contributed by atoms with E-state index in [0.717, 1.165) is 34.6 Å². The molecule has 2 aromatic rings. The van der Waals surface area contributed by atoms with Crippen molar-refractivity contribution >= 4 is 33.3 Å². The van der Waals surface area contributed by atoms with E-state index >= 15 is 0 Å². The maximum absolute atomic E-state index is 12.6. The highest BCUT2D eigenvalue weighted by atomic mass is 79.9. The smallest absolute Gasteiger partial charge is 0.255 e. The van der Waals surface area contributed by atoms with Crippen LogP contribution in [-0.4, -0.2) is 24.0 Å². The first-order valence-corrected chi connectivity index (χ1v) is 9.21. The van der Waals surface area contributed by atoms with Crippen molar-refractivity contribution in [2.45, 2.75) is 32.6 Å². The standard InChI is InChI=1S/C19H22BrN3O/c1-14-6-7-17(16(20)12-14)22-19(24)15-8-9-21-18(13-15)23-10-4-2-3-5-11-23/h6-9,12-13H,2-5,10-11H2,1H3,(H,22,24). The number of aromatic nitrogens is 1. The summed E-state index contributed by atoms with van der Waals surface area (Å²) < 4.78 is 0.887. The highest BCUT2D eigenvalue weighted by Gasteiger charge is 2.14. The normalized spacial score (nSPS) is 15.0. The van der Waals surface area contributed by atoms with Gasteiger partial charge in [-0.1, -0.05) is 18.9 Å². The fourth-order valence-electron chi connectivity index (χ4n) is 2.95. The van der Waals surface area contributed by atoms with Gasteiger partial charge in [0.1, 0.15) is 5.82 Å². The maximum Gasteiger partial charge on any atom is 0.255 e. The highest BCUT2D eigenvalue weighted by molar-refractivity contribution is 9.10. The molecule has 1 aliphatic heterocycles. The van der Waals surface area contributed by atoms with Gasteiger partial charge in [-0.2, -0.15) is 0 Å². The Kier molecular flexibility index (Phi) is 5.51. The number of benzene rings is 1. The van der Waals surface area contributed by atoms with E-state index < -0.39 is 0 Å². The molecule has 1 amide bonds. The monoisotopic (exact) mass is 387 g/mol. The first kappa shape index (κ1) is 17.0. The molecule has 0 radical (unpaired) electrons. The van der Waals surface area contributed by atoms with Crippen molar-refractivity contribution in [1.29, 1.82) is 0 Å². The molecule has 0 aliphatic carbocycles. The van der Waals surface area contributed by atoms with Crippen LogP contribution in [0.3, 0.4) is 0 Å². The first-order chi connectivity index (χ1) is 11.6. The molecule has 0 unspecified atom stereocenters. The summed E-state index contributed by atoms with van der Waals surface area (Å²) in [5.41, 5.74) is 2.56. The SMILES string of the molecule is Cc1ccc(NC(=O)c2ccnc(N3CCCCCC3)c2)c(Br)c1. The van der Waals surface area contributed by atoms with Gasteiger partial charge in [0, 0.05) is 29.3 Å². The van der Waals surface area contributed by atoms with Crippen molar-refractivity contribution in [3.05, 3.63) is 52.1 Å². The Bertz CT molecular complexity index is 724. The molecule has 3 rings (SSSR count). The average Bonchev–Trinajstić information content (AvgIpc) is 2.87. The predicted octanol–water partition coefficient (Wildman–Crippen LogP) is 4.79. The van der Waals surface area contributed by atoms with Crippen LogP contribution in [0.15, 0.2) is 41.0 Å². The lowest BCUT2D eigenvalue weighted by atomic mass is 10.2. The van der Waals surface area contributed by atoms with Crippen LogP contribution in [0.2, 0.25) is 0 Å². The van der Waals surface area contributed by atoms with Gasteiger partial charge in [0.15, 0.2) is 0 Å². The largest absolute Gasteiger partial charge is 0.357 e. The second-order valence-corrected chi connectivity index (χ2v) is 7.10. The summed E-state index contributed by atoms with van der Waals surface area (Å²) in [6, 6.07) is 9.54. The molecule has 4 nitrogen and oxygen atoms in total. The topological polar surface area (TPSA) is 45.2 Å². The van der Waals surface area contributed by atoms with E-state index in [1.807, 2.05) is 31.2 Å². The number of amides is 1. The number of aryl methyl sites for hydroxylation is 1. The van der Waals surface area contributed by atoms with Crippen molar-refractivity contribution in [3.63, 3.8) is 0 Å². The van der Waals surface area contributed by atoms with E-state index in [-0.39, 0.29) is 5.91 Å². The fraction of sp³-hybridized carbons (Fsp3) is 0.368. The molecule has 0 bridgehead atoms. The molecule has 0 spiro atoms. The van der Waals surface area contributed by atoms with Crippen LogP contribution in [0, 0.1) is 6.92 Å². The number of carbonyl (C=O) groups excluding carboxylic acids is 1. The van der Waals surface area contributed by atoms with Gasteiger partial charge < -0.3 is 10.2 Å². The second kappa shape index (κ2) is 7.79. The van der Waals surface area contributed by atoms with Crippen LogP contribution in [0.1, 0.15) is 41.6 Å². The second-order valence-electron chi connectivity index (χ2n) is 6.24. The van der Waals surface area contributed by atoms with Crippen molar-refractivity contribution < 1.29 is 4.79 Å². The zero-order chi connectivity index (χ0) is 16.9.